The molecule has 0 unspecified atom stereocenters. The van der Waals surface area contributed by atoms with Gasteiger partial charge >= 0.3 is 11.4 Å². The molecule has 0 amide bonds. The van der Waals surface area contributed by atoms with Crippen molar-refractivity contribution in [2.24, 2.45) is 28.2 Å². The van der Waals surface area contributed by atoms with Gasteiger partial charge in [0.15, 0.2) is 0 Å². The molecule has 0 aliphatic rings. The van der Waals surface area contributed by atoms with Crippen LogP contribution >= 0.6 is 22.9 Å². The van der Waals surface area contributed by atoms with Gasteiger partial charge in [-0.3, -0.25) is 27.9 Å². The van der Waals surface area contributed by atoms with Crippen molar-refractivity contribution in [3.63, 3.8) is 0 Å². The van der Waals surface area contributed by atoms with E-state index in [2.05, 4.69) is 4.98 Å². The quantitative estimate of drug-likeness (QED) is 0.463. The van der Waals surface area contributed by atoms with Crippen molar-refractivity contribution in [1.29, 1.82) is 0 Å². The molecular weight excluding hydrogens is 432 g/mol. The van der Waals surface area contributed by atoms with Crippen molar-refractivity contribution in [1.82, 2.24) is 23.3 Å². The minimum Gasteiger partial charge on any atom is -0.384 e. The van der Waals surface area contributed by atoms with E-state index in [1.165, 1.54) is 44.1 Å². The van der Waals surface area contributed by atoms with Crippen LogP contribution in [-0.4, -0.2) is 23.3 Å². The molecule has 0 bridgehead atoms. The fourth-order valence-electron chi connectivity index (χ4n) is 3.50. The molecule has 4 heterocycles. The zero-order valence-corrected chi connectivity index (χ0v) is 18.0. The van der Waals surface area contributed by atoms with Crippen LogP contribution in [0.3, 0.4) is 0 Å². The lowest BCUT2D eigenvalue weighted by Gasteiger charge is -2.12. The van der Waals surface area contributed by atoms with Gasteiger partial charge in [0.05, 0.1) is 25.9 Å². The minimum atomic E-state index is -0.656. The Morgan fingerprint density at radius 1 is 0.867 bits per heavy atom. The van der Waals surface area contributed by atoms with Gasteiger partial charge in [-0.05, 0) is 12.1 Å². The summed E-state index contributed by atoms with van der Waals surface area (Å²) in [4.78, 5) is 54.6. The van der Waals surface area contributed by atoms with Crippen molar-refractivity contribution in [2.45, 2.75) is 0 Å². The second kappa shape index (κ2) is 6.61. The highest BCUT2D eigenvalue weighted by molar-refractivity contribution is 7.19. The van der Waals surface area contributed by atoms with E-state index >= 15 is 0 Å². The predicted molar refractivity (Wildman–Crippen MR) is 117 cm³/mol. The summed E-state index contributed by atoms with van der Waals surface area (Å²) in [7, 11) is 5.63. The predicted octanol–water partition coefficient (Wildman–Crippen LogP) is 0.594. The van der Waals surface area contributed by atoms with E-state index in [1.54, 1.807) is 12.1 Å². The van der Waals surface area contributed by atoms with Crippen molar-refractivity contribution in [3.05, 3.63) is 58.1 Å². The molecule has 0 aliphatic heterocycles. The standard InChI is InChI=1S/C18H17ClN6O4S/c1-22-13(20)10(15(26)24(3)17(22)28)9-11-14(23(2)18(29)25(4)16(11)27)21-12(9)7-5-6-8(19)30-7/h5-6,21H,20H2,1-4H3. The number of nitrogen functional groups attached to an aromatic ring is 1. The molecule has 0 saturated heterocycles. The number of rotatable bonds is 2. The number of aromatic nitrogens is 5. The highest BCUT2D eigenvalue weighted by atomic mass is 35.5. The van der Waals surface area contributed by atoms with E-state index < -0.39 is 22.5 Å². The van der Waals surface area contributed by atoms with Gasteiger partial charge < -0.3 is 10.7 Å². The average Bonchev–Trinajstić information content (AvgIpc) is 3.32. The van der Waals surface area contributed by atoms with Crippen molar-refractivity contribution >= 4 is 39.8 Å². The first kappa shape index (κ1) is 20.0. The zero-order valence-electron chi connectivity index (χ0n) is 16.4. The second-order valence-corrected chi connectivity index (χ2v) is 8.59. The largest absolute Gasteiger partial charge is 0.384 e. The van der Waals surface area contributed by atoms with Crippen molar-refractivity contribution in [2.75, 3.05) is 5.73 Å². The van der Waals surface area contributed by atoms with Gasteiger partial charge in [0.2, 0.25) is 0 Å². The normalized spacial score (nSPS) is 11.5. The Balaban J connectivity index is 2.35. The fraction of sp³-hybridized carbons (Fsp3) is 0.222. The van der Waals surface area contributed by atoms with Crippen LogP contribution in [0.4, 0.5) is 5.82 Å². The summed E-state index contributed by atoms with van der Waals surface area (Å²) in [5, 5.41) is 0.113. The average molecular weight is 449 g/mol. The molecule has 0 spiro atoms. The molecule has 30 heavy (non-hydrogen) atoms. The molecule has 0 saturated carbocycles. The van der Waals surface area contributed by atoms with E-state index in [0.29, 0.717) is 14.9 Å². The number of H-pyrrole nitrogens is 1. The number of nitrogens with one attached hydrogen (secondary N) is 1. The number of thiophene rings is 1. The van der Waals surface area contributed by atoms with Crippen molar-refractivity contribution in [3.8, 4) is 21.7 Å². The molecule has 4 aromatic heterocycles. The fourth-order valence-corrected chi connectivity index (χ4v) is 4.55. The molecule has 156 valence electrons. The van der Waals surface area contributed by atoms with Crippen LogP contribution in [0.5, 0.6) is 0 Å². The summed E-state index contributed by atoms with van der Waals surface area (Å²) < 4.78 is 4.78. The number of hydrogen-bond donors (Lipinski definition) is 2. The zero-order chi connectivity index (χ0) is 22.1. The maximum atomic E-state index is 13.1. The third kappa shape index (κ3) is 2.55. The van der Waals surface area contributed by atoms with E-state index in [0.717, 1.165) is 13.7 Å². The van der Waals surface area contributed by atoms with Crippen LogP contribution in [-0.2, 0) is 28.2 Å². The first-order valence-electron chi connectivity index (χ1n) is 8.69. The monoisotopic (exact) mass is 448 g/mol. The van der Waals surface area contributed by atoms with Gasteiger partial charge in [0.1, 0.15) is 11.5 Å². The highest BCUT2D eigenvalue weighted by Gasteiger charge is 2.27. The first-order chi connectivity index (χ1) is 14.1. The van der Waals surface area contributed by atoms with Gasteiger partial charge in [0, 0.05) is 33.8 Å². The van der Waals surface area contributed by atoms with Crippen LogP contribution in [0.1, 0.15) is 0 Å². The number of fused-ring (bicyclic) bond motifs is 1. The van der Waals surface area contributed by atoms with Gasteiger partial charge in [-0.1, -0.05) is 11.6 Å². The molecule has 4 aromatic rings. The number of nitrogens with two attached hydrogens (primary N) is 1. The SMILES string of the molecule is Cn1c(N)c(-c2c(-c3ccc(Cl)s3)[nH]c3c2c(=O)n(C)c(=O)n3C)c(=O)n(C)c1=O. The van der Waals surface area contributed by atoms with Crippen LogP contribution < -0.4 is 28.2 Å². The Bertz CT molecular complexity index is 1600. The van der Waals surface area contributed by atoms with Gasteiger partial charge in [-0.2, -0.15) is 0 Å². The number of aryl methyl sites for hydroxylation is 1. The summed E-state index contributed by atoms with van der Waals surface area (Å²) in [5.41, 5.74) is 4.64. The van der Waals surface area contributed by atoms with Crippen LogP contribution in [0.2, 0.25) is 4.34 Å². The highest BCUT2D eigenvalue weighted by Crippen LogP contribution is 2.40. The van der Waals surface area contributed by atoms with Crippen LogP contribution in [0.25, 0.3) is 32.7 Å². The van der Waals surface area contributed by atoms with Gasteiger partial charge in [-0.15, -0.1) is 11.3 Å². The Morgan fingerprint density at radius 2 is 1.47 bits per heavy atom. The van der Waals surface area contributed by atoms with Gasteiger partial charge in [-0.25, -0.2) is 9.59 Å². The summed E-state index contributed by atoms with van der Waals surface area (Å²) in [6, 6.07) is 3.41. The second-order valence-electron chi connectivity index (χ2n) is 6.87. The molecule has 3 N–H and O–H groups in total. The molecule has 12 heteroatoms. The molecular formula is C18H17ClN6O4S. The van der Waals surface area contributed by atoms with E-state index in [4.69, 9.17) is 17.3 Å². The van der Waals surface area contributed by atoms with Gasteiger partial charge in [0.25, 0.3) is 11.1 Å². The molecule has 0 radical (unpaired) electrons. The summed E-state index contributed by atoms with van der Waals surface area (Å²) in [6.07, 6.45) is 0. The third-order valence-corrected chi connectivity index (χ3v) is 6.44. The number of halogens is 1. The molecule has 4 rings (SSSR count). The molecule has 0 aromatic carbocycles. The molecule has 10 nitrogen and oxygen atoms in total. The van der Waals surface area contributed by atoms with Crippen LogP contribution in [0, 0.1) is 0 Å². The molecule has 0 atom stereocenters. The maximum Gasteiger partial charge on any atom is 0.332 e. The number of hydrogen-bond acceptors (Lipinski definition) is 6. The Labute approximate surface area is 177 Å². The van der Waals surface area contributed by atoms with Crippen LogP contribution in [0.15, 0.2) is 31.3 Å². The summed E-state index contributed by atoms with van der Waals surface area (Å²) in [5.74, 6) is -0.0937. The topological polar surface area (TPSA) is 130 Å². The van der Waals surface area contributed by atoms with Crippen molar-refractivity contribution < 1.29 is 0 Å². The Hall–Kier alpha value is -3.31. The summed E-state index contributed by atoms with van der Waals surface area (Å²) >= 11 is 7.33. The molecule has 0 fully saturated rings. The Morgan fingerprint density at radius 3 is 2.07 bits per heavy atom. The summed E-state index contributed by atoms with van der Waals surface area (Å²) in [6.45, 7) is 0. The lowest BCUT2D eigenvalue weighted by molar-refractivity contribution is 0.696. The molecule has 0 aliphatic carbocycles. The lowest BCUT2D eigenvalue weighted by Crippen LogP contribution is -2.39. The number of aromatic amines is 1. The number of anilines is 1. The number of nitrogens with zero attached hydrogens (tertiary/aromatic N) is 4. The van der Waals surface area contributed by atoms with E-state index in [9.17, 15) is 19.2 Å². The first-order valence-corrected chi connectivity index (χ1v) is 9.89. The van der Waals surface area contributed by atoms with E-state index in [1.807, 2.05) is 0 Å². The lowest BCUT2D eigenvalue weighted by atomic mass is 10.0. The minimum absolute atomic E-state index is 0.0129. The third-order valence-electron chi connectivity index (χ3n) is 5.19. The van der Waals surface area contributed by atoms with E-state index in [-0.39, 0.29) is 28.0 Å². The smallest absolute Gasteiger partial charge is 0.332 e. The maximum absolute atomic E-state index is 13.1. The Kier molecular flexibility index (Phi) is 4.40.